The Kier molecular flexibility index (Phi) is 4.57. The van der Waals surface area contributed by atoms with Crippen LogP contribution in [0.15, 0.2) is 47.4 Å². The summed E-state index contributed by atoms with van der Waals surface area (Å²) in [4.78, 5) is 13.1. The van der Waals surface area contributed by atoms with Gasteiger partial charge in [0, 0.05) is 12.2 Å². The topological polar surface area (TPSA) is 66.5 Å². The van der Waals surface area contributed by atoms with E-state index in [2.05, 4.69) is 4.72 Å². The van der Waals surface area contributed by atoms with Crippen molar-refractivity contribution in [2.45, 2.75) is 24.3 Å². The number of nitrogens with zero attached hydrogens (tertiary/aromatic N) is 1. The first-order valence-corrected chi connectivity index (χ1v) is 9.12. The van der Waals surface area contributed by atoms with Crippen LogP contribution in [-0.2, 0) is 14.8 Å². The van der Waals surface area contributed by atoms with Gasteiger partial charge in [-0.15, -0.1) is 0 Å². The summed E-state index contributed by atoms with van der Waals surface area (Å²) in [6, 6.07) is 8.38. The zero-order valence-corrected chi connectivity index (χ0v) is 14.2. The van der Waals surface area contributed by atoms with Crippen molar-refractivity contribution >= 4 is 21.6 Å². The monoisotopic (exact) mass is 366 g/mol. The predicted octanol–water partition coefficient (Wildman–Crippen LogP) is 2.36. The van der Waals surface area contributed by atoms with Crippen molar-refractivity contribution in [3.05, 3.63) is 59.7 Å². The molecule has 1 aliphatic heterocycles. The van der Waals surface area contributed by atoms with Crippen molar-refractivity contribution in [1.82, 2.24) is 4.72 Å². The molecule has 0 aliphatic carbocycles. The van der Waals surface area contributed by atoms with E-state index in [-0.39, 0.29) is 6.42 Å². The highest BCUT2D eigenvalue weighted by Gasteiger charge is 2.36. The molecule has 0 unspecified atom stereocenters. The van der Waals surface area contributed by atoms with Crippen LogP contribution in [0.3, 0.4) is 0 Å². The standard InChI is InChI=1S/C17H16F2N2O3S/c1-11-2-5-13(6-3-11)21-9-8-15(17(21)22)20-25(23,24)16-10-12(18)4-7-14(16)19/h2-7,10,15,20H,8-9H2,1H3/t15-/m1/s1. The maximum Gasteiger partial charge on any atom is 0.245 e. The molecule has 1 atom stereocenters. The molecule has 8 heteroatoms. The van der Waals surface area contributed by atoms with E-state index in [1.54, 1.807) is 12.1 Å². The second-order valence-corrected chi connectivity index (χ2v) is 7.55. The van der Waals surface area contributed by atoms with Crippen molar-refractivity contribution in [3.63, 3.8) is 0 Å². The smallest absolute Gasteiger partial charge is 0.245 e. The molecular formula is C17H16F2N2O3S. The quantitative estimate of drug-likeness (QED) is 0.903. The molecule has 1 N–H and O–H groups in total. The molecule has 1 amide bonds. The number of sulfonamides is 1. The first-order valence-electron chi connectivity index (χ1n) is 7.63. The van der Waals surface area contributed by atoms with Crippen LogP contribution >= 0.6 is 0 Å². The molecule has 1 saturated heterocycles. The molecule has 5 nitrogen and oxygen atoms in total. The molecule has 132 valence electrons. The fourth-order valence-corrected chi connectivity index (χ4v) is 4.02. The van der Waals surface area contributed by atoms with Gasteiger partial charge in [-0.1, -0.05) is 17.7 Å². The van der Waals surface area contributed by atoms with Crippen LogP contribution in [-0.4, -0.2) is 26.9 Å². The van der Waals surface area contributed by atoms with Crippen LogP contribution in [0.5, 0.6) is 0 Å². The second kappa shape index (κ2) is 6.53. The number of carbonyl (C=O) groups is 1. The second-order valence-electron chi connectivity index (χ2n) is 5.86. The predicted molar refractivity (Wildman–Crippen MR) is 88.6 cm³/mol. The molecular weight excluding hydrogens is 350 g/mol. The fraction of sp³-hybridized carbons (Fsp3) is 0.235. The van der Waals surface area contributed by atoms with Gasteiger partial charge in [0.15, 0.2) is 0 Å². The SMILES string of the molecule is Cc1ccc(N2CC[C@@H](NS(=O)(=O)c3cc(F)ccc3F)C2=O)cc1. The summed E-state index contributed by atoms with van der Waals surface area (Å²) < 4.78 is 53.8. The number of aryl methyl sites for hydroxylation is 1. The molecule has 0 spiro atoms. The minimum Gasteiger partial charge on any atom is -0.311 e. The first-order chi connectivity index (χ1) is 11.8. The van der Waals surface area contributed by atoms with E-state index in [0.29, 0.717) is 18.3 Å². The molecule has 0 aromatic heterocycles. The van der Waals surface area contributed by atoms with E-state index in [1.807, 2.05) is 19.1 Å². The lowest BCUT2D eigenvalue weighted by atomic mass is 10.2. The molecule has 25 heavy (non-hydrogen) atoms. The van der Waals surface area contributed by atoms with Gasteiger partial charge in [-0.05, 0) is 43.7 Å². The van der Waals surface area contributed by atoms with Gasteiger partial charge < -0.3 is 4.90 Å². The van der Waals surface area contributed by atoms with Gasteiger partial charge in [0.2, 0.25) is 15.9 Å². The van der Waals surface area contributed by atoms with Gasteiger partial charge in [0.05, 0.1) is 0 Å². The van der Waals surface area contributed by atoms with Gasteiger partial charge in [0.25, 0.3) is 0 Å². The van der Waals surface area contributed by atoms with E-state index >= 15 is 0 Å². The molecule has 3 rings (SSSR count). The molecule has 0 saturated carbocycles. The number of nitrogens with one attached hydrogen (secondary N) is 1. The number of amides is 1. The minimum absolute atomic E-state index is 0.239. The summed E-state index contributed by atoms with van der Waals surface area (Å²) in [6.45, 7) is 2.25. The number of halogens is 2. The third kappa shape index (κ3) is 3.54. The minimum atomic E-state index is -4.35. The molecule has 1 heterocycles. The Morgan fingerprint density at radius 2 is 1.80 bits per heavy atom. The number of hydrogen-bond donors (Lipinski definition) is 1. The Hall–Kier alpha value is -2.32. The summed E-state index contributed by atoms with van der Waals surface area (Å²) in [6.07, 6.45) is 0.239. The molecule has 0 radical (unpaired) electrons. The fourth-order valence-electron chi connectivity index (χ4n) is 2.70. The lowest BCUT2D eigenvalue weighted by Crippen LogP contribution is -2.41. The van der Waals surface area contributed by atoms with Crippen molar-refractivity contribution < 1.29 is 22.0 Å². The lowest BCUT2D eigenvalue weighted by Gasteiger charge is -2.17. The normalized spacial score (nSPS) is 18.0. The number of hydrogen-bond acceptors (Lipinski definition) is 3. The van der Waals surface area contributed by atoms with Crippen LogP contribution in [0.4, 0.5) is 14.5 Å². The maximum atomic E-state index is 13.7. The van der Waals surface area contributed by atoms with Crippen molar-refractivity contribution in [1.29, 1.82) is 0 Å². The summed E-state index contributed by atoms with van der Waals surface area (Å²) in [7, 11) is -4.35. The van der Waals surface area contributed by atoms with Crippen LogP contribution in [0.1, 0.15) is 12.0 Å². The first kappa shape index (κ1) is 17.5. The summed E-state index contributed by atoms with van der Waals surface area (Å²) in [5.74, 6) is -2.38. The number of anilines is 1. The van der Waals surface area contributed by atoms with Crippen LogP contribution in [0, 0.1) is 18.6 Å². The highest BCUT2D eigenvalue weighted by atomic mass is 32.2. The van der Waals surface area contributed by atoms with E-state index < -0.39 is 38.5 Å². The lowest BCUT2D eigenvalue weighted by molar-refractivity contribution is -0.118. The van der Waals surface area contributed by atoms with Gasteiger partial charge in [0.1, 0.15) is 22.6 Å². The van der Waals surface area contributed by atoms with E-state index in [4.69, 9.17) is 0 Å². The van der Waals surface area contributed by atoms with Crippen molar-refractivity contribution in [2.24, 2.45) is 0 Å². The summed E-state index contributed by atoms with van der Waals surface area (Å²) >= 11 is 0. The zero-order valence-electron chi connectivity index (χ0n) is 13.4. The third-order valence-corrected chi connectivity index (χ3v) is 5.52. The Morgan fingerprint density at radius 3 is 2.48 bits per heavy atom. The van der Waals surface area contributed by atoms with E-state index in [9.17, 15) is 22.0 Å². The highest BCUT2D eigenvalue weighted by molar-refractivity contribution is 7.89. The van der Waals surface area contributed by atoms with E-state index in [1.165, 1.54) is 4.90 Å². The molecule has 2 aromatic rings. The number of carbonyl (C=O) groups excluding carboxylic acids is 1. The van der Waals surface area contributed by atoms with Crippen LogP contribution in [0.2, 0.25) is 0 Å². The van der Waals surface area contributed by atoms with E-state index in [0.717, 1.165) is 17.7 Å². The Bertz CT molecular complexity index is 914. The van der Waals surface area contributed by atoms with Crippen molar-refractivity contribution in [2.75, 3.05) is 11.4 Å². The average Bonchev–Trinajstić information content (AvgIpc) is 2.91. The number of benzene rings is 2. The maximum absolute atomic E-state index is 13.7. The zero-order chi connectivity index (χ0) is 18.2. The molecule has 2 aromatic carbocycles. The summed E-state index contributed by atoms with van der Waals surface area (Å²) in [5.41, 5.74) is 1.70. The molecule has 1 fully saturated rings. The average molecular weight is 366 g/mol. The van der Waals surface area contributed by atoms with Gasteiger partial charge >= 0.3 is 0 Å². The Balaban J connectivity index is 1.80. The molecule has 1 aliphatic rings. The third-order valence-electron chi connectivity index (χ3n) is 4.03. The summed E-state index contributed by atoms with van der Waals surface area (Å²) in [5, 5.41) is 0. The Labute approximate surface area is 144 Å². The van der Waals surface area contributed by atoms with Crippen LogP contribution < -0.4 is 9.62 Å². The van der Waals surface area contributed by atoms with Gasteiger partial charge in [-0.25, -0.2) is 17.2 Å². The number of rotatable bonds is 4. The molecule has 0 bridgehead atoms. The highest BCUT2D eigenvalue weighted by Crippen LogP contribution is 2.24. The van der Waals surface area contributed by atoms with Crippen molar-refractivity contribution in [3.8, 4) is 0 Å². The van der Waals surface area contributed by atoms with Gasteiger partial charge in [-0.3, -0.25) is 4.79 Å². The van der Waals surface area contributed by atoms with Gasteiger partial charge in [-0.2, -0.15) is 4.72 Å². The Morgan fingerprint density at radius 1 is 1.12 bits per heavy atom. The van der Waals surface area contributed by atoms with Crippen LogP contribution in [0.25, 0.3) is 0 Å². The largest absolute Gasteiger partial charge is 0.311 e.